The molecule has 0 aromatic carbocycles. The van der Waals surface area contributed by atoms with E-state index in [-0.39, 0.29) is 24.9 Å². The molecule has 8 nitrogen and oxygen atoms in total. The Balaban J connectivity index is 2.15. The van der Waals surface area contributed by atoms with Crippen molar-refractivity contribution in [2.75, 3.05) is 18.5 Å². The van der Waals surface area contributed by atoms with E-state index in [1.54, 1.807) is 6.92 Å². The van der Waals surface area contributed by atoms with E-state index in [0.29, 0.717) is 11.4 Å². The summed E-state index contributed by atoms with van der Waals surface area (Å²) < 4.78 is 5.13. The molecule has 2 heterocycles. The van der Waals surface area contributed by atoms with Gasteiger partial charge in [-0.25, -0.2) is 4.98 Å². The molecule has 1 saturated heterocycles. The maximum absolute atomic E-state index is 11.0. The van der Waals surface area contributed by atoms with Crippen molar-refractivity contribution in [2.45, 2.75) is 13.0 Å². The molecule has 102 valence electrons. The van der Waals surface area contributed by atoms with Crippen molar-refractivity contribution in [1.82, 2.24) is 4.98 Å². The van der Waals surface area contributed by atoms with Crippen LogP contribution in [-0.4, -0.2) is 40.2 Å². The molecule has 0 bridgehead atoms. The van der Waals surface area contributed by atoms with Gasteiger partial charge in [-0.15, -0.1) is 0 Å². The minimum absolute atomic E-state index is 0.0968. The Morgan fingerprint density at radius 2 is 2.37 bits per heavy atom. The molecule has 0 saturated carbocycles. The van der Waals surface area contributed by atoms with Gasteiger partial charge in [-0.3, -0.25) is 14.9 Å². The number of aromatic nitrogens is 1. The van der Waals surface area contributed by atoms with Crippen molar-refractivity contribution in [1.29, 1.82) is 0 Å². The minimum Gasteiger partial charge on any atom is -0.481 e. The third-order valence-electron chi connectivity index (χ3n) is 2.99. The molecular formula is C11H13N3O5. The van der Waals surface area contributed by atoms with E-state index in [9.17, 15) is 14.9 Å². The van der Waals surface area contributed by atoms with Crippen LogP contribution in [0.2, 0.25) is 0 Å². The number of aryl methyl sites for hydroxylation is 1. The standard InChI is InChI=1S/C11H13N3O5/c1-6-2-7(14(17)18)3-12-10(6)13-9-5-19-4-8(9)11(15)16/h2-3,8-9H,4-5H2,1H3,(H,12,13)(H,15,16). The lowest BCUT2D eigenvalue weighted by Gasteiger charge is -2.17. The molecule has 2 unspecified atom stereocenters. The summed E-state index contributed by atoms with van der Waals surface area (Å²) in [6.07, 6.45) is 1.14. The number of carboxylic acids is 1. The number of nitro groups is 1. The van der Waals surface area contributed by atoms with E-state index >= 15 is 0 Å². The number of rotatable bonds is 4. The first-order valence-electron chi connectivity index (χ1n) is 5.67. The van der Waals surface area contributed by atoms with E-state index < -0.39 is 16.8 Å². The van der Waals surface area contributed by atoms with Crippen LogP contribution < -0.4 is 5.32 Å². The Labute approximate surface area is 108 Å². The second kappa shape index (κ2) is 5.19. The van der Waals surface area contributed by atoms with Gasteiger partial charge in [0.2, 0.25) is 0 Å². The molecule has 1 aromatic rings. The first-order valence-corrected chi connectivity index (χ1v) is 5.67. The number of nitrogens with one attached hydrogen (secondary N) is 1. The molecule has 2 rings (SSSR count). The molecule has 0 spiro atoms. The molecule has 1 aliphatic rings. The Morgan fingerprint density at radius 1 is 1.63 bits per heavy atom. The first kappa shape index (κ1) is 13.2. The lowest BCUT2D eigenvalue weighted by Crippen LogP contribution is -2.33. The summed E-state index contributed by atoms with van der Waals surface area (Å²) in [6.45, 7) is 2.10. The second-order valence-corrected chi connectivity index (χ2v) is 4.35. The summed E-state index contributed by atoms with van der Waals surface area (Å²) in [5, 5.41) is 22.6. The third kappa shape index (κ3) is 2.79. The van der Waals surface area contributed by atoms with Crippen LogP contribution in [-0.2, 0) is 9.53 Å². The topological polar surface area (TPSA) is 115 Å². The number of hydrogen-bond acceptors (Lipinski definition) is 6. The van der Waals surface area contributed by atoms with E-state index in [4.69, 9.17) is 9.84 Å². The molecule has 0 radical (unpaired) electrons. The Hall–Kier alpha value is -2.22. The van der Waals surface area contributed by atoms with Crippen molar-refractivity contribution in [3.8, 4) is 0 Å². The van der Waals surface area contributed by atoms with Crippen molar-refractivity contribution < 1.29 is 19.6 Å². The van der Waals surface area contributed by atoms with Crippen LogP contribution in [0.3, 0.4) is 0 Å². The van der Waals surface area contributed by atoms with Gasteiger partial charge in [0.05, 0.1) is 24.2 Å². The molecule has 2 atom stereocenters. The SMILES string of the molecule is Cc1cc([N+](=O)[O-])cnc1NC1COCC1C(=O)O. The summed E-state index contributed by atoms with van der Waals surface area (Å²) in [6, 6.07) is 1.01. The molecule has 1 aromatic heterocycles. The van der Waals surface area contributed by atoms with Crippen LogP contribution in [0, 0.1) is 23.0 Å². The van der Waals surface area contributed by atoms with Gasteiger partial charge < -0.3 is 15.2 Å². The van der Waals surface area contributed by atoms with Gasteiger partial charge >= 0.3 is 5.97 Å². The van der Waals surface area contributed by atoms with Gasteiger partial charge in [-0.2, -0.15) is 0 Å². The molecular weight excluding hydrogens is 254 g/mol. The fraction of sp³-hybridized carbons (Fsp3) is 0.455. The zero-order valence-corrected chi connectivity index (χ0v) is 10.2. The highest BCUT2D eigenvalue weighted by Crippen LogP contribution is 2.22. The lowest BCUT2D eigenvalue weighted by molar-refractivity contribution is -0.385. The number of pyridine rings is 1. The highest BCUT2D eigenvalue weighted by molar-refractivity contribution is 5.72. The van der Waals surface area contributed by atoms with Crippen molar-refractivity contribution in [2.24, 2.45) is 5.92 Å². The monoisotopic (exact) mass is 267 g/mol. The van der Waals surface area contributed by atoms with Crippen molar-refractivity contribution in [3.63, 3.8) is 0 Å². The largest absolute Gasteiger partial charge is 0.481 e. The van der Waals surface area contributed by atoms with Gasteiger partial charge in [0.1, 0.15) is 17.9 Å². The van der Waals surface area contributed by atoms with Gasteiger partial charge in [0.25, 0.3) is 5.69 Å². The Morgan fingerprint density at radius 3 is 2.95 bits per heavy atom. The summed E-state index contributed by atoms with van der Waals surface area (Å²) in [4.78, 5) is 25.0. The summed E-state index contributed by atoms with van der Waals surface area (Å²) in [5.74, 6) is -1.14. The second-order valence-electron chi connectivity index (χ2n) is 4.35. The molecule has 0 aliphatic carbocycles. The van der Waals surface area contributed by atoms with Gasteiger partial charge in [-0.1, -0.05) is 0 Å². The zero-order chi connectivity index (χ0) is 14.0. The van der Waals surface area contributed by atoms with Crippen LogP contribution in [0.25, 0.3) is 0 Å². The maximum Gasteiger partial charge on any atom is 0.311 e. The fourth-order valence-electron chi connectivity index (χ4n) is 1.93. The van der Waals surface area contributed by atoms with Crippen LogP contribution >= 0.6 is 0 Å². The van der Waals surface area contributed by atoms with Crippen molar-refractivity contribution in [3.05, 3.63) is 27.9 Å². The van der Waals surface area contributed by atoms with Crippen LogP contribution in [0.15, 0.2) is 12.3 Å². The number of ether oxygens (including phenoxy) is 1. The Kier molecular flexibility index (Phi) is 3.61. The summed E-state index contributed by atoms with van der Waals surface area (Å²) in [5.41, 5.74) is 0.491. The molecule has 1 aliphatic heterocycles. The van der Waals surface area contributed by atoms with Crippen LogP contribution in [0.5, 0.6) is 0 Å². The molecule has 8 heteroatoms. The number of hydrogen-bond donors (Lipinski definition) is 2. The maximum atomic E-state index is 11.0. The molecule has 0 amide bonds. The van der Waals surface area contributed by atoms with Gasteiger partial charge in [0.15, 0.2) is 0 Å². The van der Waals surface area contributed by atoms with Gasteiger partial charge in [-0.05, 0) is 12.5 Å². The number of carboxylic acid groups (broad SMARTS) is 1. The molecule has 1 fully saturated rings. The predicted molar refractivity (Wildman–Crippen MR) is 65.0 cm³/mol. The van der Waals surface area contributed by atoms with Crippen LogP contribution in [0.4, 0.5) is 11.5 Å². The highest BCUT2D eigenvalue weighted by atomic mass is 16.6. The number of anilines is 1. The quantitative estimate of drug-likeness (QED) is 0.612. The van der Waals surface area contributed by atoms with E-state index in [1.165, 1.54) is 6.07 Å². The lowest BCUT2D eigenvalue weighted by atomic mass is 10.0. The van der Waals surface area contributed by atoms with Crippen LogP contribution in [0.1, 0.15) is 5.56 Å². The van der Waals surface area contributed by atoms with Crippen molar-refractivity contribution >= 4 is 17.5 Å². The van der Waals surface area contributed by atoms with E-state index in [1.807, 2.05) is 0 Å². The molecule has 19 heavy (non-hydrogen) atoms. The zero-order valence-electron chi connectivity index (χ0n) is 10.2. The van der Waals surface area contributed by atoms with Gasteiger partial charge in [0, 0.05) is 6.07 Å². The number of aliphatic carboxylic acids is 1. The highest BCUT2D eigenvalue weighted by Gasteiger charge is 2.34. The van der Waals surface area contributed by atoms with E-state index in [0.717, 1.165) is 6.20 Å². The number of nitrogens with zero attached hydrogens (tertiary/aromatic N) is 2. The average Bonchev–Trinajstić information content (AvgIpc) is 2.79. The normalized spacial score (nSPS) is 22.2. The summed E-state index contributed by atoms with van der Waals surface area (Å²) >= 11 is 0. The minimum atomic E-state index is -0.936. The smallest absolute Gasteiger partial charge is 0.311 e. The number of carbonyl (C=O) groups is 1. The predicted octanol–water partition coefficient (Wildman–Crippen LogP) is 0.810. The fourth-order valence-corrected chi connectivity index (χ4v) is 1.93. The summed E-state index contributed by atoms with van der Waals surface area (Å²) in [7, 11) is 0. The average molecular weight is 267 g/mol. The molecule has 2 N–H and O–H groups in total. The third-order valence-corrected chi connectivity index (χ3v) is 2.99. The first-order chi connectivity index (χ1) is 8.99. The Bertz CT molecular complexity index is 519. The van der Waals surface area contributed by atoms with E-state index in [2.05, 4.69) is 10.3 Å².